The molecule has 0 unspecified atom stereocenters. The van der Waals surface area contributed by atoms with Gasteiger partial charge in [0.2, 0.25) is 0 Å². The Hall–Kier alpha value is -2.07. The predicted molar refractivity (Wildman–Crippen MR) is 88.3 cm³/mol. The molecular weight excluding hydrogens is 328 g/mol. The fraction of sp³-hybridized carbons (Fsp3) is 0.118. The van der Waals surface area contributed by atoms with E-state index in [1.165, 1.54) is 0 Å². The number of H-pyrrole nitrogens is 1. The normalized spacial score (nSPS) is 12.3. The van der Waals surface area contributed by atoms with Crippen LogP contribution in [0, 0.1) is 0 Å². The predicted octanol–water partition coefficient (Wildman–Crippen LogP) is 4.42. The summed E-state index contributed by atoms with van der Waals surface area (Å²) < 4.78 is 1.03. The standard InChI is InChI=1S/C17H15BrN2O/c1-11(12-4-6-15(18)7-5-12)20-17(21)14-3-2-13-8-9-19-16(13)10-14/h2-11,19H,1H3,(H,20,21)/t11-/m0/s1. The number of carbonyl (C=O) groups excluding carboxylic acids is 1. The molecule has 1 aromatic heterocycles. The van der Waals surface area contributed by atoms with E-state index in [-0.39, 0.29) is 11.9 Å². The van der Waals surface area contributed by atoms with Gasteiger partial charge in [-0.1, -0.05) is 34.1 Å². The maximum Gasteiger partial charge on any atom is 0.251 e. The van der Waals surface area contributed by atoms with Crippen molar-refractivity contribution in [1.82, 2.24) is 10.3 Å². The van der Waals surface area contributed by atoms with Crippen LogP contribution in [0.4, 0.5) is 0 Å². The molecule has 4 heteroatoms. The Bertz CT molecular complexity index is 777. The zero-order chi connectivity index (χ0) is 14.8. The highest BCUT2D eigenvalue weighted by Crippen LogP contribution is 2.18. The molecule has 0 radical (unpaired) electrons. The molecule has 2 N–H and O–H groups in total. The van der Waals surface area contributed by atoms with E-state index in [2.05, 4.69) is 26.2 Å². The van der Waals surface area contributed by atoms with E-state index in [1.807, 2.05) is 61.7 Å². The molecule has 0 aliphatic carbocycles. The van der Waals surface area contributed by atoms with Gasteiger partial charge in [0.25, 0.3) is 5.91 Å². The topological polar surface area (TPSA) is 44.9 Å². The molecule has 0 saturated carbocycles. The molecule has 3 aromatic rings. The van der Waals surface area contributed by atoms with Gasteiger partial charge in [0.05, 0.1) is 6.04 Å². The zero-order valence-corrected chi connectivity index (χ0v) is 13.1. The first-order valence-corrected chi connectivity index (χ1v) is 7.56. The van der Waals surface area contributed by atoms with Gasteiger partial charge in [0, 0.05) is 21.7 Å². The molecular formula is C17H15BrN2O. The van der Waals surface area contributed by atoms with E-state index in [0.717, 1.165) is 20.9 Å². The lowest BCUT2D eigenvalue weighted by Gasteiger charge is -2.14. The molecule has 0 aliphatic rings. The Morgan fingerprint density at radius 3 is 2.67 bits per heavy atom. The molecule has 0 saturated heterocycles. The van der Waals surface area contributed by atoms with E-state index in [4.69, 9.17) is 0 Å². The number of carbonyl (C=O) groups is 1. The number of halogens is 1. The molecule has 0 fully saturated rings. The van der Waals surface area contributed by atoms with Crippen LogP contribution in [0.25, 0.3) is 10.9 Å². The highest BCUT2D eigenvalue weighted by Gasteiger charge is 2.12. The summed E-state index contributed by atoms with van der Waals surface area (Å²) in [6.07, 6.45) is 1.87. The Balaban J connectivity index is 1.77. The molecule has 0 aliphatic heterocycles. The van der Waals surface area contributed by atoms with Crippen LogP contribution in [0.3, 0.4) is 0 Å². The Kier molecular flexibility index (Phi) is 3.80. The lowest BCUT2D eigenvalue weighted by molar-refractivity contribution is 0.0940. The summed E-state index contributed by atoms with van der Waals surface area (Å²) in [5.74, 6) is -0.0677. The molecule has 0 spiro atoms. The maximum atomic E-state index is 12.3. The summed E-state index contributed by atoms with van der Waals surface area (Å²) in [6.45, 7) is 1.98. The van der Waals surface area contributed by atoms with Gasteiger partial charge in [0.1, 0.15) is 0 Å². The number of benzene rings is 2. The second-order valence-corrected chi connectivity index (χ2v) is 5.94. The van der Waals surface area contributed by atoms with Gasteiger partial charge in [-0.2, -0.15) is 0 Å². The molecule has 1 amide bonds. The fourth-order valence-corrected chi connectivity index (χ4v) is 2.57. The first kappa shape index (κ1) is 13.9. The van der Waals surface area contributed by atoms with E-state index in [1.54, 1.807) is 0 Å². The molecule has 0 bridgehead atoms. The lowest BCUT2D eigenvalue weighted by Crippen LogP contribution is -2.26. The van der Waals surface area contributed by atoms with E-state index in [9.17, 15) is 4.79 Å². The van der Waals surface area contributed by atoms with Gasteiger partial charge in [-0.25, -0.2) is 0 Å². The maximum absolute atomic E-state index is 12.3. The molecule has 1 atom stereocenters. The van der Waals surface area contributed by atoms with Crippen LogP contribution in [-0.4, -0.2) is 10.9 Å². The van der Waals surface area contributed by atoms with Crippen LogP contribution >= 0.6 is 15.9 Å². The van der Waals surface area contributed by atoms with Crippen molar-refractivity contribution in [3.05, 3.63) is 70.3 Å². The van der Waals surface area contributed by atoms with Crippen LogP contribution in [0.1, 0.15) is 28.9 Å². The monoisotopic (exact) mass is 342 g/mol. The van der Waals surface area contributed by atoms with Crippen molar-refractivity contribution in [2.24, 2.45) is 0 Å². The first-order chi connectivity index (χ1) is 10.1. The van der Waals surface area contributed by atoms with Gasteiger partial charge in [0.15, 0.2) is 0 Å². The molecule has 2 aromatic carbocycles. The van der Waals surface area contributed by atoms with Crippen molar-refractivity contribution in [3.8, 4) is 0 Å². The van der Waals surface area contributed by atoms with Gasteiger partial charge >= 0.3 is 0 Å². The average Bonchev–Trinajstić information content (AvgIpc) is 2.95. The van der Waals surface area contributed by atoms with E-state index in [0.29, 0.717) is 5.56 Å². The minimum Gasteiger partial charge on any atom is -0.361 e. The summed E-state index contributed by atoms with van der Waals surface area (Å²) in [7, 11) is 0. The third-order valence-corrected chi connectivity index (χ3v) is 4.06. The number of rotatable bonds is 3. The number of aromatic amines is 1. The summed E-state index contributed by atoms with van der Waals surface area (Å²) in [5, 5.41) is 4.12. The largest absolute Gasteiger partial charge is 0.361 e. The highest BCUT2D eigenvalue weighted by molar-refractivity contribution is 9.10. The van der Waals surface area contributed by atoms with Gasteiger partial charge in [-0.3, -0.25) is 4.79 Å². The van der Waals surface area contributed by atoms with Crippen LogP contribution in [0.15, 0.2) is 59.2 Å². The van der Waals surface area contributed by atoms with Gasteiger partial charge < -0.3 is 10.3 Å². The van der Waals surface area contributed by atoms with E-state index >= 15 is 0 Å². The number of nitrogens with one attached hydrogen (secondary N) is 2. The van der Waals surface area contributed by atoms with Crippen molar-refractivity contribution >= 4 is 32.7 Å². The third-order valence-electron chi connectivity index (χ3n) is 3.53. The second-order valence-electron chi connectivity index (χ2n) is 5.03. The Morgan fingerprint density at radius 2 is 1.90 bits per heavy atom. The summed E-state index contributed by atoms with van der Waals surface area (Å²) in [5.41, 5.74) is 2.71. The lowest BCUT2D eigenvalue weighted by atomic mass is 10.1. The molecule has 106 valence electrons. The molecule has 3 nitrogen and oxygen atoms in total. The fourth-order valence-electron chi connectivity index (χ4n) is 2.30. The molecule has 1 heterocycles. The van der Waals surface area contributed by atoms with Crippen molar-refractivity contribution in [2.45, 2.75) is 13.0 Å². The van der Waals surface area contributed by atoms with Crippen molar-refractivity contribution in [3.63, 3.8) is 0 Å². The van der Waals surface area contributed by atoms with Crippen LogP contribution in [0.5, 0.6) is 0 Å². The van der Waals surface area contributed by atoms with Crippen molar-refractivity contribution in [2.75, 3.05) is 0 Å². The number of aromatic nitrogens is 1. The number of hydrogen-bond donors (Lipinski definition) is 2. The van der Waals surface area contributed by atoms with Crippen molar-refractivity contribution < 1.29 is 4.79 Å². The second kappa shape index (κ2) is 5.74. The van der Waals surface area contributed by atoms with Crippen LogP contribution < -0.4 is 5.32 Å². The zero-order valence-electron chi connectivity index (χ0n) is 11.6. The van der Waals surface area contributed by atoms with Crippen LogP contribution in [0.2, 0.25) is 0 Å². The van der Waals surface area contributed by atoms with Crippen molar-refractivity contribution in [1.29, 1.82) is 0 Å². The summed E-state index contributed by atoms with van der Waals surface area (Å²) in [6, 6.07) is 15.6. The van der Waals surface area contributed by atoms with Crippen LogP contribution in [-0.2, 0) is 0 Å². The minimum atomic E-state index is -0.0677. The third kappa shape index (κ3) is 3.00. The molecule has 3 rings (SSSR count). The Morgan fingerprint density at radius 1 is 1.14 bits per heavy atom. The SMILES string of the molecule is C[C@H](NC(=O)c1ccc2cc[nH]c2c1)c1ccc(Br)cc1. The Labute approximate surface area is 131 Å². The smallest absolute Gasteiger partial charge is 0.251 e. The summed E-state index contributed by atoms with van der Waals surface area (Å²) in [4.78, 5) is 15.4. The van der Waals surface area contributed by atoms with E-state index < -0.39 is 0 Å². The van der Waals surface area contributed by atoms with Gasteiger partial charge in [-0.15, -0.1) is 0 Å². The van der Waals surface area contributed by atoms with Gasteiger partial charge in [-0.05, 0) is 48.2 Å². The quantitative estimate of drug-likeness (QED) is 0.726. The number of amides is 1. The average molecular weight is 343 g/mol. The highest BCUT2D eigenvalue weighted by atomic mass is 79.9. The molecule has 21 heavy (non-hydrogen) atoms. The number of fused-ring (bicyclic) bond motifs is 1. The first-order valence-electron chi connectivity index (χ1n) is 6.77. The number of hydrogen-bond acceptors (Lipinski definition) is 1. The summed E-state index contributed by atoms with van der Waals surface area (Å²) >= 11 is 3.41. The minimum absolute atomic E-state index is 0.0371.